The van der Waals surface area contributed by atoms with E-state index < -0.39 is 0 Å². The first kappa shape index (κ1) is 15.8. The van der Waals surface area contributed by atoms with Gasteiger partial charge in [-0.3, -0.25) is 9.88 Å². The average Bonchev–Trinajstić information content (AvgIpc) is 2.58. The first-order chi connectivity index (χ1) is 11.2. The second kappa shape index (κ2) is 7.46. The number of nitrogens with zero attached hydrogens (tertiary/aromatic N) is 5. The molecule has 0 amide bonds. The Kier molecular flexibility index (Phi) is 5.12. The Labute approximate surface area is 137 Å². The molecule has 122 valence electrons. The quantitative estimate of drug-likeness (QED) is 0.911. The van der Waals surface area contributed by atoms with Crippen molar-refractivity contribution in [3.05, 3.63) is 41.9 Å². The third kappa shape index (κ3) is 4.22. The van der Waals surface area contributed by atoms with Crippen molar-refractivity contribution in [3.8, 4) is 0 Å². The van der Waals surface area contributed by atoms with Crippen molar-refractivity contribution < 1.29 is 0 Å². The van der Waals surface area contributed by atoms with Gasteiger partial charge >= 0.3 is 0 Å². The highest BCUT2D eigenvalue weighted by Crippen LogP contribution is 2.23. The number of rotatable bonds is 5. The molecule has 2 aromatic heterocycles. The van der Waals surface area contributed by atoms with Crippen molar-refractivity contribution >= 4 is 5.82 Å². The van der Waals surface area contributed by atoms with Crippen LogP contribution in [0.25, 0.3) is 0 Å². The van der Waals surface area contributed by atoms with E-state index in [0.29, 0.717) is 5.92 Å². The van der Waals surface area contributed by atoms with Crippen LogP contribution in [0.4, 0.5) is 5.82 Å². The fourth-order valence-corrected chi connectivity index (χ4v) is 3.22. The van der Waals surface area contributed by atoms with E-state index in [9.17, 15) is 0 Å². The van der Waals surface area contributed by atoms with Crippen LogP contribution in [0.2, 0.25) is 0 Å². The van der Waals surface area contributed by atoms with Gasteiger partial charge in [0.2, 0.25) is 0 Å². The van der Waals surface area contributed by atoms with Gasteiger partial charge in [0, 0.05) is 50.5 Å². The molecule has 1 fully saturated rings. The summed E-state index contributed by atoms with van der Waals surface area (Å²) in [6.45, 7) is 5.08. The Hall–Kier alpha value is -2.08. The lowest BCUT2D eigenvalue weighted by Gasteiger charge is -2.32. The van der Waals surface area contributed by atoms with Gasteiger partial charge in [-0.2, -0.15) is 0 Å². The summed E-state index contributed by atoms with van der Waals surface area (Å²) in [7, 11) is 1.90. The normalized spacial score (nSPS) is 18.8. The Morgan fingerprint density at radius 2 is 1.96 bits per heavy atom. The number of piperidine rings is 1. The zero-order valence-electron chi connectivity index (χ0n) is 13.9. The van der Waals surface area contributed by atoms with E-state index in [1.165, 1.54) is 18.4 Å². The summed E-state index contributed by atoms with van der Waals surface area (Å²) in [5.74, 6) is 2.35. The first-order valence-electron chi connectivity index (χ1n) is 8.22. The van der Waals surface area contributed by atoms with Gasteiger partial charge in [0.25, 0.3) is 0 Å². The number of likely N-dealkylation sites (tertiary alicyclic amines) is 1. The zero-order chi connectivity index (χ0) is 16.1. The fraction of sp³-hybridized carbons (Fsp3) is 0.529. The molecule has 0 unspecified atom stereocenters. The minimum atomic E-state index is 0.624. The van der Waals surface area contributed by atoms with Crippen LogP contribution in [0.1, 0.15) is 29.9 Å². The van der Waals surface area contributed by atoms with Crippen molar-refractivity contribution in [3.63, 3.8) is 0 Å². The fourth-order valence-electron chi connectivity index (χ4n) is 3.22. The van der Waals surface area contributed by atoms with Crippen LogP contribution in [0, 0.1) is 12.8 Å². The molecular formula is C17H24N6. The van der Waals surface area contributed by atoms with Crippen molar-refractivity contribution in [1.82, 2.24) is 24.8 Å². The number of nitrogens with one attached hydrogen (secondary N) is 1. The van der Waals surface area contributed by atoms with Gasteiger partial charge in [0.05, 0.1) is 5.69 Å². The van der Waals surface area contributed by atoms with Crippen LogP contribution in [-0.2, 0) is 13.0 Å². The molecule has 0 aromatic carbocycles. The standard InChI is InChI=1S/C17H24N6/c1-13-21-9-15(10-22-13)12-23-7-3-4-14(11-23)8-16-17(18-2)20-6-5-19-16/h5-6,9-10,14H,3-4,7-8,11-12H2,1-2H3,(H,18,20)/t14-/m0/s1. The van der Waals surface area contributed by atoms with E-state index in [-0.39, 0.29) is 0 Å². The van der Waals surface area contributed by atoms with Crippen LogP contribution in [-0.4, -0.2) is 45.0 Å². The maximum Gasteiger partial charge on any atom is 0.147 e. The van der Waals surface area contributed by atoms with Gasteiger partial charge in [0.15, 0.2) is 0 Å². The van der Waals surface area contributed by atoms with Crippen LogP contribution in [0.15, 0.2) is 24.8 Å². The number of hydrogen-bond donors (Lipinski definition) is 1. The van der Waals surface area contributed by atoms with E-state index in [4.69, 9.17) is 0 Å². The minimum Gasteiger partial charge on any atom is -0.372 e. The first-order valence-corrected chi connectivity index (χ1v) is 8.22. The second-order valence-electron chi connectivity index (χ2n) is 6.19. The molecule has 0 bridgehead atoms. The highest BCUT2D eigenvalue weighted by Gasteiger charge is 2.22. The lowest BCUT2D eigenvalue weighted by Crippen LogP contribution is -2.36. The van der Waals surface area contributed by atoms with Gasteiger partial charge in [0.1, 0.15) is 11.6 Å². The Bertz CT molecular complexity index is 627. The number of aryl methyl sites for hydroxylation is 1. The summed E-state index contributed by atoms with van der Waals surface area (Å²) >= 11 is 0. The zero-order valence-corrected chi connectivity index (χ0v) is 13.9. The van der Waals surface area contributed by atoms with E-state index in [2.05, 4.69) is 30.2 Å². The number of aromatic nitrogens is 4. The molecule has 1 saturated heterocycles. The predicted octanol–water partition coefficient (Wildman–Crippen LogP) is 2.07. The van der Waals surface area contributed by atoms with Crippen LogP contribution in [0.5, 0.6) is 0 Å². The summed E-state index contributed by atoms with van der Waals surface area (Å²) in [5.41, 5.74) is 2.26. The third-order valence-electron chi connectivity index (χ3n) is 4.34. The third-order valence-corrected chi connectivity index (χ3v) is 4.34. The molecule has 1 atom stereocenters. The van der Waals surface area contributed by atoms with Gasteiger partial charge in [-0.05, 0) is 38.6 Å². The number of anilines is 1. The van der Waals surface area contributed by atoms with Crippen molar-refractivity contribution in [2.75, 3.05) is 25.5 Å². The molecule has 0 saturated carbocycles. The molecule has 0 spiro atoms. The highest BCUT2D eigenvalue weighted by molar-refractivity contribution is 5.38. The predicted molar refractivity (Wildman–Crippen MR) is 90.1 cm³/mol. The van der Waals surface area contributed by atoms with Gasteiger partial charge < -0.3 is 5.32 Å². The van der Waals surface area contributed by atoms with E-state index >= 15 is 0 Å². The second-order valence-corrected chi connectivity index (χ2v) is 6.19. The topological polar surface area (TPSA) is 66.8 Å². The molecule has 1 aliphatic heterocycles. The largest absolute Gasteiger partial charge is 0.372 e. The molecule has 1 N–H and O–H groups in total. The average molecular weight is 312 g/mol. The molecule has 3 heterocycles. The monoisotopic (exact) mass is 312 g/mol. The summed E-state index contributed by atoms with van der Waals surface area (Å²) in [5, 5.41) is 3.14. The molecule has 2 aromatic rings. The van der Waals surface area contributed by atoms with Crippen LogP contribution < -0.4 is 5.32 Å². The maximum atomic E-state index is 4.50. The van der Waals surface area contributed by atoms with Gasteiger partial charge in [-0.25, -0.2) is 15.0 Å². The summed E-state index contributed by atoms with van der Waals surface area (Å²) in [4.78, 5) is 19.9. The van der Waals surface area contributed by atoms with E-state index in [0.717, 1.165) is 43.4 Å². The van der Waals surface area contributed by atoms with E-state index in [1.54, 1.807) is 12.4 Å². The summed E-state index contributed by atoms with van der Waals surface area (Å²) in [6, 6.07) is 0. The van der Waals surface area contributed by atoms with Gasteiger partial charge in [-0.15, -0.1) is 0 Å². The summed E-state index contributed by atoms with van der Waals surface area (Å²) < 4.78 is 0. The number of hydrogen-bond acceptors (Lipinski definition) is 6. The summed E-state index contributed by atoms with van der Waals surface area (Å²) in [6.07, 6.45) is 10.8. The van der Waals surface area contributed by atoms with Crippen LogP contribution >= 0.6 is 0 Å². The molecule has 3 rings (SSSR count). The van der Waals surface area contributed by atoms with Crippen molar-refractivity contribution in [2.24, 2.45) is 5.92 Å². The molecule has 0 radical (unpaired) electrons. The highest BCUT2D eigenvalue weighted by atomic mass is 15.1. The Morgan fingerprint density at radius 3 is 2.74 bits per heavy atom. The molecule has 1 aliphatic rings. The molecular weight excluding hydrogens is 288 g/mol. The SMILES string of the molecule is CNc1nccnc1C[C@@H]1CCCN(Cc2cnc(C)nc2)C1. The van der Waals surface area contributed by atoms with Gasteiger partial charge in [-0.1, -0.05) is 0 Å². The lowest BCUT2D eigenvalue weighted by molar-refractivity contribution is 0.166. The Morgan fingerprint density at radius 1 is 1.17 bits per heavy atom. The maximum absolute atomic E-state index is 4.50. The van der Waals surface area contributed by atoms with E-state index in [1.807, 2.05) is 26.4 Å². The van der Waals surface area contributed by atoms with Crippen molar-refractivity contribution in [2.45, 2.75) is 32.7 Å². The molecule has 6 nitrogen and oxygen atoms in total. The molecule has 0 aliphatic carbocycles. The lowest BCUT2D eigenvalue weighted by atomic mass is 9.93. The smallest absolute Gasteiger partial charge is 0.147 e. The Balaban J connectivity index is 1.60. The van der Waals surface area contributed by atoms with Crippen molar-refractivity contribution in [1.29, 1.82) is 0 Å². The van der Waals surface area contributed by atoms with Crippen LogP contribution in [0.3, 0.4) is 0 Å². The molecule has 23 heavy (non-hydrogen) atoms. The molecule has 6 heteroatoms. The minimum absolute atomic E-state index is 0.624.